The Morgan fingerprint density at radius 3 is 2.78 bits per heavy atom. The van der Waals surface area contributed by atoms with Crippen molar-refractivity contribution in [3.05, 3.63) is 59.2 Å². The van der Waals surface area contributed by atoms with E-state index in [0.29, 0.717) is 12.3 Å². The summed E-state index contributed by atoms with van der Waals surface area (Å²) in [6.45, 7) is 1.04. The minimum Gasteiger partial charge on any atom is -0.493 e. The summed E-state index contributed by atoms with van der Waals surface area (Å²) in [6, 6.07) is 13.3. The van der Waals surface area contributed by atoms with Crippen molar-refractivity contribution in [3.63, 3.8) is 0 Å². The molecule has 23 heavy (non-hydrogen) atoms. The van der Waals surface area contributed by atoms with E-state index in [1.807, 2.05) is 36.4 Å². The van der Waals surface area contributed by atoms with Crippen LogP contribution in [0, 0.1) is 0 Å². The third-order valence-electron chi connectivity index (χ3n) is 3.71. The van der Waals surface area contributed by atoms with Gasteiger partial charge in [0.05, 0.1) is 13.2 Å². The SMILES string of the molecule is CO/N=C(\COc1ccc(CO)cc1)c1ccc2c(c1)CCO2. The minimum atomic E-state index is 0.0217. The van der Waals surface area contributed by atoms with Gasteiger partial charge in [0.25, 0.3) is 0 Å². The topological polar surface area (TPSA) is 60.3 Å². The van der Waals surface area contributed by atoms with Crippen LogP contribution in [0.1, 0.15) is 16.7 Å². The number of aliphatic hydroxyl groups is 1. The Morgan fingerprint density at radius 1 is 1.22 bits per heavy atom. The molecule has 0 atom stereocenters. The maximum atomic E-state index is 9.06. The molecule has 1 N–H and O–H groups in total. The molecule has 0 amide bonds. The summed E-state index contributed by atoms with van der Waals surface area (Å²) in [6.07, 6.45) is 0.910. The number of hydrogen-bond acceptors (Lipinski definition) is 5. The first-order valence-electron chi connectivity index (χ1n) is 7.49. The molecule has 0 spiro atoms. The van der Waals surface area contributed by atoms with Crippen molar-refractivity contribution in [2.24, 2.45) is 5.16 Å². The number of benzene rings is 2. The number of aliphatic hydroxyl groups excluding tert-OH is 1. The van der Waals surface area contributed by atoms with Gasteiger partial charge < -0.3 is 19.4 Å². The molecule has 0 aromatic heterocycles. The standard InChI is InChI=1S/C18H19NO4/c1-21-19-17(12-23-16-5-2-13(11-20)3-6-16)14-4-7-18-15(10-14)8-9-22-18/h2-7,10,20H,8-9,11-12H2,1H3/b19-17+. The number of nitrogens with zero attached hydrogens (tertiary/aromatic N) is 1. The summed E-state index contributed by atoms with van der Waals surface area (Å²) in [7, 11) is 1.52. The molecule has 0 bridgehead atoms. The molecule has 120 valence electrons. The largest absolute Gasteiger partial charge is 0.493 e. The molecule has 5 heteroatoms. The van der Waals surface area contributed by atoms with E-state index in [-0.39, 0.29) is 6.61 Å². The van der Waals surface area contributed by atoms with Crippen molar-refractivity contribution in [1.82, 2.24) is 0 Å². The van der Waals surface area contributed by atoms with E-state index in [0.717, 1.165) is 35.7 Å². The van der Waals surface area contributed by atoms with Crippen LogP contribution in [0.3, 0.4) is 0 Å². The van der Waals surface area contributed by atoms with Crippen molar-refractivity contribution in [1.29, 1.82) is 0 Å². The summed E-state index contributed by atoms with van der Waals surface area (Å²) in [5.41, 5.74) is 3.71. The van der Waals surface area contributed by atoms with Gasteiger partial charge in [-0.05, 0) is 41.5 Å². The van der Waals surface area contributed by atoms with Crippen LogP contribution in [0.15, 0.2) is 47.6 Å². The van der Waals surface area contributed by atoms with Gasteiger partial charge in [-0.3, -0.25) is 0 Å². The first-order valence-corrected chi connectivity index (χ1v) is 7.49. The van der Waals surface area contributed by atoms with Crippen molar-refractivity contribution >= 4 is 5.71 Å². The molecule has 1 heterocycles. The van der Waals surface area contributed by atoms with Crippen LogP contribution in [0.4, 0.5) is 0 Å². The van der Waals surface area contributed by atoms with Crippen LogP contribution in [-0.4, -0.2) is 31.1 Å². The van der Waals surface area contributed by atoms with Gasteiger partial charge in [0.1, 0.15) is 30.9 Å². The van der Waals surface area contributed by atoms with Gasteiger partial charge >= 0.3 is 0 Å². The summed E-state index contributed by atoms with van der Waals surface area (Å²) < 4.78 is 11.3. The zero-order valence-corrected chi connectivity index (χ0v) is 13.0. The van der Waals surface area contributed by atoms with Crippen LogP contribution in [0.5, 0.6) is 11.5 Å². The van der Waals surface area contributed by atoms with Crippen molar-refractivity contribution < 1.29 is 19.4 Å². The summed E-state index contributed by atoms with van der Waals surface area (Å²) in [5, 5.41) is 13.1. The van der Waals surface area contributed by atoms with E-state index in [2.05, 4.69) is 11.2 Å². The smallest absolute Gasteiger partial charge is 0.134 e. The number of rotatable bonds is 6. The lowest BCUT2D eigenvalue weighted by Gasteiger charge is -2.10. The number of hydrogen-bond donors (Lipinski definition) is 1. The Bertz CT molecular complexity index is 695. The molecule has 0 radical (unpaired) electrons. The van der Waals surface area contributed by atoms with Crippen LogP contribution in [0.25, 0.3) is 0 Å². The Morgan fingerprint density at radius 2 is 2.04 bits per heavy atom. The van der Waals surface area contributed by atoms with Gasteiger partial charge in [-0.15, -0.1) is 0 Å². The van der Waals surface area contributed by atoms with Gasteiger partial charge in [0.2, 0.25) is 0 Å². The van der Waals surface area contributed by atoms with Crippen LogP contribution >= 0.6 is 0 Å². The van der Waals surface area contributed by atoms with E-state index in [4.69, 9.17) is 19.4 Å². The quantitative estimate of drug-likeness (QED) is 0.658. The van der Waals surface area contributed by atoms with Crippen molar-refractivity contribution in [2.45, 2.75) is 13.0 Å². The van der Waals surface area contributed by atoms with Crippen LogP contribution in [0.2, 0.25) is 0 Å². The van der Waals surface area contributed by atoms with Gasteiger partial charge in [0, 0.05) is 12.0 Å². The third-order valence-corrected chi connectivity index (χ3v) is 3.71. The molecule has 1 aliphatic heterocycles. The first kappa shape index (κ1) is 15.4. The van der Waals surface area contributed by atoms with E-state index in [1.54, 1.807) is 0 Å². The van der Waals surface area contributed by atoms with E-state index in [1.165, 1.54) is 12.7 Å². The summed E-state index contributed by atoms with van der Waals surface area (Å²) >= 11 is 0. The Kier molecular flexibility index (Phi) is 4.78. The van der Waals surface area contributed by atoms with Crippen molar-refractivity contribution in [3.8, 4) is 11.5 Å². The second kappa shape index (κ2) is 7.15. The molecule has 1 aliphatic rings. The second-order valence-electron chi connectivity index (χ2n) is 5.23. The molecule has 0 aliphatic carbocycles. The van der Waals surface area contributed by atoms with Crippen molar-refractivity contribution in [2.75, 3.05) is 20.3 Å². The van der Waals surface area contributed by atoms with E-state index >= 15 is 0 Å². The van der Waals surface area contributed by atoms with Crippen LogP contribution in [-0.2, 0) is 17.9 Å². The molecule has 5 nitrogen and oxygen atoms in total. The Balaban J connectivity index is 1.72. The maximum absolute atomic E-state index is 9.06. The monoisotopic (exact) mass is 313 g/mol. The molecule has 2 aromatic carbocycles. The van der Waals surface area contributed by atoms with Gasteiger partial charge in [-0.1, -0.05) is 17.3 Å². The molecular weight excluding hydrogens is 294 g/mol. The number of oxime groups is 1. The van der Waals surface area contributed by atoms with Gasteiger partial charge in [0.15, 0.2) is 0 Å². The molecular formula is C18H19NO4. The zero-order valence-electron chi connectivity index (χ0n) is 13.0. The molecule has 0 saturated heterocycles. The van der Waals surface area contributed by atoms with E-state index in [9.17, 15) is 0 Å². The highest BCUT2D eigenvalue weighted by molar-refractivity contribution is 6.01. The lowest BCUT2D eigenvalue weighted by atomic mass is 10.1. The summed E-state index contributed by atoms with van der Waals surface area (Å²) in [4.78, 5) is 4.95. The maximum Gasteiger partial charge on any atom is 0.134 e. The fourth-order valence-electron chi connectivity index (χ4n) is 2.48. The highest BCUT2D eigenvalue weighted by Gasteiger charge is 2.15. The fourth-order valence-corrected chi connectivity index (χ4v) is 2.48. The Labute approximate surface area is 135 Å². The van der Waals surface area contributed by atoms with Crippen LogP contribution < -0.4 is 9.47 Å². The number of ether oxygens (including phenoxy) is 2. The van der Waals surface area contributed by atoms with Gasteiger partial charge in [-0.2, -0.15) is 0 Å². The minimum absolute atomic E-state index is 0.0217. The average molecular weight is 313 g/mol. The highest BCUT2D eigenvalue weighted by Crippen LogP contribution is 2.26. The fraction of sp³-hybridized carbons (Fsp3) is 0.278. The predicted octanol–water partition coefficient (Wildman–Crippen LogP) is 2.54. The first-order chi connectivity index (χ1) is 11.3. The molecule has 0 saturated carbocycles. The second-order valence-corrected chi connectivity index (χ2v) is 5.23. The lowest BCUT2D eigenvalue weighted by Crippen LogP contribution is -2.13. The molecule has 2 aromatic rings. The molecule has 0 fully saturated rings. The Hall–Kier alpha value is -2.53. The van der Waals surface area contributed by atoms with E-state index < -0.39 is 0 Å². The number of fused-ring (bicyclic) bond motifs is 1. The average Bonchev–Trinajstić information content (AvgIpc) is 3.06. The zero-order chi connectivity index (χ0) is 16.1. The predicted molar refractivity (Wildman–Crippen MR) is 87.0 cm³/mol. The lowest BCUT2D eigenvalue weighted by molar-refractivity contribution is 0.210. The summed E-state index contributed by atoms with van der Waals surface area (Å²) in [5.74, 6) is 1.65. The normalized spacial score (nSPS) is 13.4. The third kappa shape index (κ3) is 3.63. The molecule has 0 unspecified atom stereocenters. The van der Waals surface area contributed by atoms with Gasteiger partial charge in [-0.25, -0.2) is 0 Å². The molecule has 3 rings (SSSR count). The highest BCUT2D eigenvalue weighted by atomic mass is 16.6.